The van der Waals surface area contributed by atoms with E-state index in [2.05, 4.69) is 5.32 Å². The fourth-order valence-electron chi connectivity index (χ4n) is 2.00. The standard InChI is InChI=1S/C14H10Cl3NO3/c15-8-1-7(14(19)10(17)2-8)5-18-11-4-13-12(3-9(11)16)20-6-21-13/h1-4,18-19H,5-6H2. The average Bonchev–Trinajstić information content (AvgIpc) is 2.88. The maximum absolute atomic E-state index is 9.92. The van der Waals surface area contributed by atoms with Gasteiger partial charge in [-0.25, -0.2) is 0 Å². The Bertz CT molecular complexity index is 706. The quantitative estimate of drug-likeness (QED) is 0.846. The number of rotatable bonds is 3. The van der Waals surface area contributed by atoms with Gasteiger partial charge in [0.05, 0.1) is 15.7 Å². The molecule has 21 heavy (non-hydrogen) atoms. The second-order valence-electron chi connectivity index (χ2n) is 4.43. The van der Waals surface area contributed by atoms with Crippen LogP contribution in [0.15, 0.2) is 24.3 Å². The number of hydrogen-bond acceptors (Lipinski definition) is 4. The van der Waals surface area contributed by atoms with Crippen LogP contribution in [0.4, 0.5) is 5.69 Å². The monoisotopic (exact) mass is 345 g/mol. The summed E-state index contributed by atoms with van der Waals surface area (Å²) < 4.78 is 10.5. The number of benzene rings is 2. The summed E-state index contributed by atoms with van der Waals surface area (Å²) in [4.78, 5) is 0. The Morgan fingerprint density at radius 1 is 1.00 bits per heavy atom. The Morgan fingerprint density at radius 2 is 1.71 bits per heavy atom. The highest BCUT2D eigenvalue weighted by atomic mass is 35.5. The molecular weight excluding hydrogens is 337 g/mol. The van der Waals surface area contributed by atoms with Crippen LogP contribution in [0.5, 0.6) is 17.2 Å². The fourth-order valence-corrected chi connectivity index (χ4v) is 2.75. The lowest BCUT2D eigenvalue weighted by Crippen LogP contribution is -2.00. The van der Waals surface area contributed by atoms with Gasteiger partial charge in [-0.15, -0.1) is 0 Å². The summed E-state index contributed by atoms with van der Waals surface area (Å²) in [5, 5.41) is 14.2. The van der Waals surface area contributed by atoms with Gasteiger partial charge in [0.2, 0.25) is 6.79 Å². The molecule has 1 aliphatic rings. The van der Waals surface area contributed by atoms with Gasteiger partial charge < -0.3 is 19.9 Å². The zero-order valence-corrected chi connectivity index (χ0v) is 12.9. The maximum atomic E-state index is 9.92. The number of ether oxygens (including phenoxy) is 2. The Labute approximate surface area is 136 Å². The van der Waals surface area contributed by atoms with Crippen molar-refractivity contribution in [2.24, 2.45) is 0 Å². The summed E-state index contributed by atoms with van der Waals surface area (Å²) in [7, 11) is 0. The SMILES string of the molecule is Oc1c(Cl)cc(Cl)cc1CNc1cc2c(cc1Cl)OCO2. The van der Waals surface area contributed by atoms with Crippen LogP contribution >= 0.6 is 34.8 Å². The van der Waals surface area contributed by atoms with E-state index in [-0.39, 0.29) is 17.6 Å². The van der Waals surface area contributed by atoms with E-state index >= 15 is 0 Å². The molecule has 0 bridgehead atoms. The highest BCUT2D eigenvalue weighted by molar-refractivity contribution is 6.35. The van der Waals surface area contributed by atoms with Crippen molar-refractivity contribution in [3.63, 3.8) is 0 Å². The number of anilines is 1. The number of fused-ring (bicyclic) bond motifs is 1. The van der Waals surface area contributed by atoms with E-state index in [1.165, 1.54) is 6.07 Å². The van der Waals surface area contributed by atoms with Gasteiger partial charge in [0.15, 0.2) is 11.5 Å². The number of nitrogens with one attached hydrogen (secondary N) is 1. The molecule has 1 heterocycles. The van der Waals surface area contributed by atoms with E-state index in [0.29, 0.717) is 39.3 Å². The van der Waals surface area contributed by atoms with Gasteiger partial charge >= 0.3 is 0 Å². The molecule has 0 unspecified atom stereocenters. The molecule has 0 aromatic heterocycles. The predicted molar refractivity (Wildman–Crippen MR) is 83.0 cm³/mol. The van der Waals surface area contributed by atoms with Crippen LogP contribution < -0.4 is 14.8 Å². The van der Waals surface area contributed by atoms with E-state index in [0.717, 1.165) is 0 Å². The third-order valence-corrected chi connectivity index (χ3v) is 3.86. The largest absolute Gasteiger partial charge is 0.506 e. The third-order valence-electron chi connectivity index (χ3n) is 3.04. The van der Waals surface area contributed by atoms with Crippen LogP contribution in [0.3, 0.4) is 0 Å². The lowest BCUT2D eigenvalue weighted by atomic mass is 10.2. The first kappa shape index (κ1) is 14.4. The van der Waals surface area contributed by atoms with Crippen molar-refractivity contribution < 1.29 is 14.6 Å². The highest BCUT2D eigenvalue weighted by Gasteiger charge is 2.17. The molecular formula is C14H10Cl3NO3. The number of phenolic OH excluding ortho intramolecular Hbond substituents is 1. The van der Waals surface area contributed by atoms with Gasteiger partial charge in [-0.1, -0.05) is 34.8 Å². The molecule has 4 nitrogen and oxygen atoms in total. The van der Waals surface area contributed by atoms with Gasteiger partial charge in [-0.05, 0) is 12.1 Å². The van der Waals surface area contributed by atoms with Crippen molar-refractivity contribution in [3.8, 4) is 17.2 Å². The predicted octanol–water partition coefficient (Wildman–Crippen LogP) is 4.69. The van der Waals surface area contributed by atoms with Gasteiger partial charge in [0, 0.05) is 29.3 Å². The molecule has 0 fully saturated rings. The normalized spacial score (nSPS) is 12.5. The molecule has 0 aliphatic carbocycles. The molecule has 0 spiro atoms. The second kappa shape index (κ2) is 5.72. The number of phenols is 1. The number of hydrogen-bond donors (Lipinski definition) is 2. The summed E-state index contributed by atoms with van der Waals surface area (Å²) in [6.45, 7) is 0.491. The Morgan fingerprint density at radius 3 is 2.48 bits per heavy atom. The fraction of sp³-hybridized carbons (Fsp3) is 0.143. The molecule has 2 N–H and O–H groups in total. The minimum Gasteiger partial charge on any atom is -0.506 e. The Kier molecular flexibility index (Phi) is 3.93. The minimum atomic E-state index is -0.00886. The zero-order valence-electron chi connectivity index (χ0n) is 10.6. The van der Waals surface area contributed by atoms with E-state index in [4.69, 9.17) is 44.3 Å². The van der Waals surface area contributed by atoms with E-state index in [9.17, 15) is 5.11 Å². The van der Waals surface area contributed by atoms with Crippen molar-refractivity contribution in [1.29, 1.82) is 0 Å². The van der Waals surface area contributed by atoms with Crippen molar-refractivity contribution in [2.75, 3.05) is 12.1 Å². The highest BCUT2D eigenvalue weighted by Crippen LogP contribution is 2.39. The molecule has 2 aromatic rings. The van der Waals surface area contributed by atoms with Gasteiger partial charge in [-0.3, -0.25) is 0 Å². The van der Waals surface area contributed by atoms with E-state index < -0.39 is 0 Å². The summed E-state index contributed by atoms with van der Waals surface area (Å²) in [5.41, 5.74) is 1.23. The smallest absolute Gasteiger partial charge is 0.231 e. The topological polar surface area (TPSA) is 50.7 Å². The zero-order chi connectivity index (χ0) is 15.0. The van der Waals surface area contributed by atoms with Crippen molar-refractivity contribution in [2.45, 2.75) is 6.54 Å². The van der Waals surface area contributed by atoms with Crippen LogP contribution in [0.25, 0.3) is 0 Å². The van der Waals surface area contributed by atoms with Crippen molar-refractivity contribution >= 4 is 40.5 Å². The van der Waals surface area contributed by atoms with Crippen LogP contribution in [0, 0.1) is 0 Å². The molecule has 0 saturated carbocycles. The first-order valence-corrected chi connectivity index (χ1v) is 7.18. The molecule has 0 radical (unpaired) electrons. The van der Waals surface area contributed by atoms with E-state index in [1.54, 1.807) is 18.2 Å². The van der Waals surface area contributed by atoms with Gasteiger partial charge in [-0.2, -0.15) is 0 Å². The van der Waals surface area contributed by atoms with Crippen LogP contribution in [-0.4, -0.2) is 11.9 Å². The summed E-state index contributed by atoms with van der Waals surface area (Å²) in [6.07, 6.45) is 0. The second-order valence-corrected chi connectivity index (χ2v) is 5.69. The average molecular weight is 347 g/mol. The van der Waals surface area contributed by atoms with Crippen LogP contribution in [0.1, 0.15) is 5.56 Å². The molecule has 7 heteroatoms. The third kappa shape index (κ3) is 2.93. The van der Waals surface area contributed by atoms with Gasteiger partial charge in [0.25, 0.3) is 0 Å². The molecule has 0 atom stereocenters. The summed E-state index contributed by atoms with van der Waals surface area (Å²) >= 11 is 18.0. The summed E-state index contributed by atoms with van der Waals surface area (Å²) in [5.74, 6) is 1.22. The van der Waals surface area contributed by atoms with Crippen LogP contribution in [-0.2, 0) is 6.54 Å². The van der Waals surface area contributed by atoms with Gasteiger partial charge in [0.1, 0.15) is 5.75 Å². The number of halogens is 3. The molecule has 2 aromatic carbocycles. The number of aromatic hydroxyl groups is 1. The maximum Gasteiger partial charge on any atom is 0.231 e. The molecule has 0 saturated heterocycles. The Hall–Kier alpha value is -1.49. The molecule has 1 aliphatic heterocycles. The summed E-state index contributed by atoms with van der Waals surface area (Å²) in [6, 6.07) is 6.54. The van der Waals surface area contributed by atoms with Crippen molar-refractivity contribution in [3.05, 3.63) is 44.9 Å². The van der Waals surface area contributed by atoms with E-state index in [1.807, 2.05) is 0 Å². The lowest BCUT2D eigenvalue weighted by molar-refractivity contribution is 0.174. The first-order chi connectivity index (χ1) is 10.0. The van der Waals surface area contributed by atoms with Crippen molar-refractivity contribution in [1.82, 2.24) is 0 Å². The minimum absolute atomic E-state index is 0.00886. The Balaban J connectivity index is 1.82. The first-order valence-electron chi connectivity index (χ1n) is 6.04. The lowest BCUT2D eigenvalue weighted by Gasteiger charge is -2.11. The molecule has 3 rings (SSSR count). The molecule has 0 amide bonds. The van der Waals surface area contributed by atoms with Crippen LogP contribution in [0.2, 0.25) is 15.1 Å². The molecule has 110 valence electrons.